The fraction of sp³-hybridized carbons (Fsp3) is 0.519. The average molecular weight is 450 g/mol. The molecule has 0 radical (unpaired) electrons. The Balaban J connectivity index is 1.45. The van der Waals surface area contributed by atoms with Gasteiger partial charge in [0.1, 0.15) is 19.3 Å². The molecule has 6 nitrogen and oxygen atoms in total. The van der Waals surface area contributed by atoms with Gasteiger partial charge in [-0.05, 0) is 55.9 Å². The number of rotatable bonds is 8. The van der Waals surface area contributed by atoms with Crippen LogP contribution in [0.1, 0.15) is 45.1 Å². The fourth-order valence-corrected chi connectivity index (χ4v) is 4.90. The zero-order valence-corrected chi connectivity index (χ0v) is 19.7. The van der Waals surface area contributed by atoms with E-state index in [-0.39, 0.29) is 6.10 Å². The van der Waals surface area contributed by atoms with E-state index in [1.807, 2.05) is 37.3 Å². The Hall–Kier alpha value is -2.75. The van der Waals surface area contributed by atoms with E-state index in [1.165, 1.54) is 0 Å². The normalized spacial score (nSPS) is 17.9. The maximum atomic E-state index is 10.1. The Bertz CT molecular complexity index is 977. The smallest absolute Gasteiger partial charge is 0.161 e. The quantitative estimate of drug-likeness (QED) is 0.624. The van der Waals surface area contributed by atoms with E-state index >= 15 is 0 Å². The van der Waals surface area contributed by atoms with E-state index in [2.05, 4.69) is 29.3 Å². The third kappa shape index (κ3) is 5.43. The topological polar surface area (TPSA) is 77.8 Å². The highest BCUT2D eigenvalue weighted by molar-refractivity contribution is 5.79. The number of benzene rings is 2. The standard InChI is InChI=1S/C27H35N3O3/c1-3-5-21(19(2)31)18-29-22-10-12-30(13-11-22)25-7-4-6-23(24(25)17-28)20-8-9-26-27(16-20)33-15-14-32-26/h4,6-9,16,19,21-22,29,31H,3,5,10-15,18H2,1-2H3. The first-order valence-corrected chi connectivity index (χ1v) is 12.2. The van der Waals surface area contributed by atoms with Crippen molar-refractivity contribution >= 4 is 5.69 Å². The number of aliphatic hydroxyl groups excluding tert-OH is 1. The maximum Gasteiger partial charge on any atom is 0.161 e. The van der Waals surface area contributed by atoms with Crippen LogP contribution in [0.5, 0.6) is 11.5 Å². The number of nitriles is 1. The molecule has 1 fully saturated rings. The highest BCUT2D eigenvalue weighted by Crippen LogP contribution is 2.38. The molecule has 2 aliphatic rings. The van der Waals surface area contributed by atoms with Crippen LogP contribution < -0.4 is 19.7 Å². The monoisotopic (exact) mass is 449 g/mol. The summed E-state index contributed by atoms with van der Waals surface area (Å²) in [5.41, 5.74) is 3.59. The minimum absolute atomic E-state index is 0.279. The summed E-state index contributed by atoms with van der Waals surface area (Å²) in [6, 6.07) is 14.9. The molecule has 0 aliphatic carbocycles. The molecule has 2 N–H and O–H groups in total. The van der Waals surface area contributed by atoms with Crippen molar-refractivity contribution in [2.24, 2.45) is 5.92 Å². The van der Waals surface area contributed by atoms with E-state index in [0.29, 0.717) is 30.7 Å². The predicted molar refractivity (Wildman–Crippen MR) is 131 cm³/mol. The molecule has 2 heterocycles. The molecule has 4 rings (SSSR count). The van der Waals surface area contributed by atoms with Gasteiger partial charge in [-0.1, -0.05) is 31.5 Å². The highest BCUT2D eigenvalue weighted by Gasteiger charge is 2.24. The van der Waals surface area contributed by atoms with Gasteiger partial charge in [-0.15, -0.1) is 0 Å². The summed E-state index contributed by atoms with van der Waals surface area (Å²) in [4.78, 5) is 2.33. The molecular formula is C27H35N3O3. The lowest BCUT2D eigenvalue weighted by atomic mass is 9.95. The number of fused-ring (bicyclic) bond motifs is 1. The Labute approximate surface area is 197 Å². The van der Waals surface area contributed by atoms with Crippen molar-refractivity contribution < 1.29 is 14.6 Å². The summed E-state index contributed by atoms with van der Waals surface area (Å²) < 4.78 is 11.4. The molecule has 2 aliphatic heterocycles. The van der Waals surface area contributed by atoms with Gasteiger partial charge >= 0.3 is 0 Å². The van der Waals surface area contributed by atoms with Crippen LogP contribution >= 0.6 is 0 Å². The fourth-order valence-electron chi connectivity index (χ4n) is 4.90. The molecular weight excluding hydrogens is 414 g/mol. The van der Waals surface area contributed by atoms with Crippen LogP contribution in [0.15, 0.2) is 36.4 Å². The van der Waals surface area contributed by atoms with Crippen LogP contribution in [-0.2, 0) is 0 Å². The van der Waals surface area contributed by atoms with Gasteiger partial charge in [-0.25, -0.2) is 0 Å². The van der Waals surface area contributed by atoms with Crippen molar-refractivity contribution in [2.45, 2.75) is 51.7 Å². The Kier molecular flexibility index (Phi) is 7.74. The van der Waals surface area contributed by atoms with Gasteiger partial charge in [-0.2, -0.15) is 5.26 Å². The number of ether oxygens (including phenoxy) is 2. The summed E-state index contributed by atoms with van der Waals surface area (Å²) in [6.07, 6.45) is 3.91. The second kappa shape index (κ2) is 10.9. The van der Waals surface area contributed by atoms with Gasteiger partial charge in [0.25, 0.3) is 0 Å². The molecule has 176 valence electrons. The Morgan fingerprint density at radius 1 is 1.15 bits per heavy atom. The Morgan fingerprint density at radius 2 is 1.91 bits per heavy atom. The molecule has 2 aromatic carbocycles. The molecule has 6 heteroatoms. The molecule has 0 bridgehead atoms. The van der Waals surface area contributed by atoms with E-state index in [9.17, 15) is 10.4 Å². The van der Waals surface area contributed by atoms with Crippen LogP contribution in [0, 0.1) is 17.2 Å². The van der Waals surface area contributed by atoms with Crippen molar-refractivity contribution in [3.8, 4) is 28.7 Å². The maximum absolute atomic E-state index is 10.1. The first kappa shape index (κ1) is 23.4. The molecule has 1 saturated heterocycles. The second-order valence-corrected chi connectivity index (χ2v) is 9.13. The first-order valence-electron chi connectivity index (χ1n) is 12.2. The van der Waals surface area contributed by atoms with E-state index < -0.39 is 0 Å². The molecule has 33 heavy (non-hydrogen) atoms. The summed E-state index contributed by atoms with van der Waals surface area (Å²) in [7, 11) is 0. The third-order valence-corrected chi connectivity index (χ3v) is 6.85. The van der Waals surface area contributed by atoms with E-state index in [0.717, 1.165) is 73.6 Å². The SMILES string of the molecule is CCCC(CNC1CCN(c2cccc(-c3ccc4c(c3)OCCO4)c2C#N)CC1)C(C)O. The van der Waals surface area contributed by atoms with Gasteiger partial charge < -0.3 is 24.8 Å². The summed E-state index contributed by atoms with van der Waals surface area (Å²) in [5.74, 6) is 1.80. The van der Waals surface area contributed by atoms with Gasteiger partial charge in [0.2, 0.25) is 0 Å². The molecule has 2 aromatic rings. The summed E-state index contributed by atoms with van der Waals surface area (Å²) >= 11 is 0. The Morgan fingerprint density at radius 3 is 2.61 bits per heavy atom. The number of piperidine rings is 1. The van der Waals surface area contributed by atoms with Crippen LogP contribution in [0.2, 0.25) is 0 Å². The highest BCUT2D eigenvalue weighted by atomic mass is 16.6. The van der Waals surface area contributed by atoms with Crippen molar-refractivity contribution in [2.75, 3.05) is 37.7 Å². The van der Waals surface area contributed by atoms with E-state index in [4.69, 9.17) is 9.47 Å². The number of nitrogens with one attached hydrogen (secondary N) is 1. The number of anilines is 1. The van der Waals surface area contributed by atoms with Gasteiger partial charge in [0, 0.05) is 31.2 Å². The number of nitrogens with zero attached hydrogens (tertiary/aromatic N) is 2. The zero-order chi connectivity index (χ0) is 23.2. The number of hydrogen-bond donors (Lipinski definition) is 2. The molecule has 0 spiro atoms. The van der Waals surface area contributed by atoms with Crippen LogP contribution in [0.25, 0.3) is 11.1 Å². The lowest BCUT2D eigenvalue weighted by Gasteiger charge is -2.35. The molecule has 0 amide bonds. The number of hydrogen-bond acceptors (Lipinski definition) is 6. The molecule has 0 aromatic heterocycles. The van der Waals surface area contributed by atoms with Gasteiger partial charge in [0.05, 0.1) is 17.4 Å². The minimum atomic E-state index is -0.279. The van der Waals surface area contributed by atoms with Crippen molar-refractivity contribution in [3.63, 3.8) is 0 Å². The zero-order valence-electron chi connectivity index (χ0n) is 19.7. The predicted octanol–water partition coefficient (Wildman–Crippen LogP) is 4.35. The summed E-state index contributed by atoms with van der Waals surface area (Å²) in [6.45, 7) is 7.84. The van der Waals surface area contributed by atoms with Crippen LogP contribution in [-0.4, -0.2) is 50.1 Å². The first-order chi connectivity index (χ1) is 16.1. The lowest BCUT2D eigenvalue weighted by Crippen LogP contribution is -2.45. The number of aliphatic hydroxyl groups is 1. The largest absolute Gasteiger partial charge is 0.486 e. The third-order valence-electron chi connectivity index (χ3n) is 6.85. The molecule has 2 unspecified atom stereocenters. The lowest BCUT2D eigenvalue weighted by molar-refractivity contribution is 0.115. The summed E-state index contributed by atoms with van der Waals surface area (Å²) in [5, 5.41) is 23.8. The second-order valence-electron chi connectivity index (χ2n) is 9.13. The van der Waals surface area contributed by atoms with Crippen molar-refractivity contribution in [3.05, 3.63) is 42.0 Å². The van der Waals surface area contributed by atoms with Gasteiger partial charge in [0.15, 0.2) is 11.5 Å². The van der Waals surface area contributed by atoms with Gasteiger partial charge in [-0.3, -0.25) is 0 Å². The molecule has 2 atom stereocenters. The van der Waals surface area contributed by atoms with Crippen LogP contribution in [0.3, 0.4) is 0 Å². The van der Waals surface area contributed by atoms with Crippen LogP contribution in [0.4, 0.5) is 5.69 Å². The molecule has 0 saturated carbocycles. The van der Waals surface area contributed by atoms with E-state index in [1.54, 1.807) is 0 Å². The van der Waals surface area contributed by atoms with Crippen molar-refractivity contribution in [1.82, 2.24) is 5.32 Å². The minimum Gasteiger partial charge on any atom is -0.486 e. The average Bonchev–Trinajstić information content (AvgIpc) is 2.86. The van der Waals surface area contributed by atoms with Crippen molar-refractivity contribution in [1.29, 1.82) is 5.26 Å².